The lowest BCUT2D eigenvalue weighted by Gasteiger charge is -2.36. The van der Waals surface area contributed by atoms with Crippen molar-refractivity contribution >= 4 is 11.6 Å². The van der Waals surface area contributed by atoms with E-state index in [-0.39, 0.29) is 34.7 Å². The summed E-state index contributed by atoms with van der Waals surface area (Å²) in [6, 6.07) is 5.84. The lowest BCUT2D eigenvalue weighted by atomic mass is 9.64. The maximum atomic E-state index is 13.2. The molecule has 3 aliphatic carbocycles. The van der Waals surface area contributed by atoms with Crippen molar-refractivity contribution in [2.45, 2.75) is 39.5 Å². The number of ketones is 2. The average molecular weight is 294 g/mol. The van der Waals surface area contributed by atoms with E-state index in [0.29, 0.717) is 5.56 Å². The quantitative estimate of drug-likeness (QED) is 0.781. The Morgan fingerprint density at radius 3 is 2.82 bits per heavy atom. The summed E-state index contributed by atoms with van der Waals surface area (Å²) in [5.41, 5.74) is 2.39. The van der Waals surface area contributed by atoms with Gasteiger partial charge in [-0.15, -0.1) is 0 Å². The summed E-state index contributed by atoms with van der Waals surface area (Å²) in [5.74, 6) is 0.442. The molecule has 1 aromatic carbocycles. The number of rotatable bonds is 3. The van der Waals surface area contributed by atoms with Crippen LogP contribution in [0.25, 0.3) is 0 Å². The zero-order valence-electron chi connectivity index (χ0n) is 13.3. The summed E-state index contributed by atoms with van der Waals surface area (Å²) in [4.78, 5) is 26.3. The van der Waals surface area contributed by atoms with E-state index in [1.807, 2.05) is 18.2 Å². The molecule has 1 aromatic rings. The van der Waals surface area contributed by atoms with Crippen molar-refractivity contribution in [2.75, 3.05) is 0 Å². The van der Waals surface area contributed by atoms with Crippen LogP contribution in [0.4, 0.5) is 0 Å². The van der Waals surface area contributed by atoms with Crippen LogP contribution in [0.15, 0.2) is 30.4 Å². The van der Waals surface area contributed by atoms with E-state index < -0.39 is 0 Å². The molecule has 0 radical (unpaired) electrons. The second-order valence-electron chi connectivity index (χ2n) is 7.41. The van der Waals surface area contributed by atoms with Crippen LogP contribution in [0.3, 0.4) is 0 Å². The molecule has 4 unspecified atom stereocenters. The number of unbranched alkanes of at least 4 members (excludes halogenated alkanes) is 1. The first-order chi connectivity index (χ1) is 10.6. The first-order valence-corrected chi connectivity index (χ1v) is 8.46. The van der Waals surface area contributed by atoms with Gasteiger partial charge in [0.25, 0.3) is 0 Å². The van der Waals surface area contributed by atoms with Crippen LogP contribution >= 0.6 is 0 Å². The molecule has 2 heteroatoms. The van der Waals surface area contributed by atoms with Gasteiger partial charge in [0.05, 0.1) is 0 Å². The minimum Gasteiger partial charge on any atom is -0.294 e. The molecular formula is C20H22O2. The summed E-state index contributed by atoms with van der Waals surface area (Å²) in [7, 11) is 0. The maximum absolute atomic E-state index is 13.2. The highest BCUT2D eigenvalue weighted by atomic mass is 16.1. The predicted octanol–water partition coefficient (Wildman–Crippen LogP) is 4.24. The first kappa shape index (κ1) is 13.9. The zero-order chi connectivity index (χ0) is 15.5. The minimum absolute atomic E-state index is 0.112. The lowest BCUT2D eigenvalue weighted by molar-refractivity contribution is 0.0675. The second-order valence-corrected chi connectivity index (χ2v) is 7.41. The third-order valence-electron chi connectivity index (χ3n) is 5.98. The molecule has 2 nitrogen and oxygen atoms in total. The van der Waals surface area contributed by atoms with Crippen molar-refractivity contribution in [3.05, 3.63) is 47.0 Å². The van der Waals surface area contributed by atoms with Gasteiger partial charge in [0.1, 0.15) is 0 Å². The van der Waals surface area contributed by atoms with Gasteiger partial charge >= 0.3 is 0 Å². The molecule has 2 bridgehead atoms. The van der Waals surface area contributed by atoms with Gasteiger partial charge in [-0.2, -0.15) is 0 Å². The molecule has 0 spiro atoms. The third kappa shape index (κ3) is 1.67. The third-order valence-corrected chi connectivity index (χ3v) is 5.98. The Balaban J connectivity index is 1.84. The highest BCUT2D eigenvalue weighted by Crippen LogP contribution is 2.59. The Hall–Kier alpha value is -1.70. The fourth-order valence-electron chi connectivity index (χ4n) is 4.94. The van der Waals surface area contributed by atoms with Crippen LogP contribution in [-0.2, 0) is 6.42 Å². The summed E-state index contributed by atoms with van der Waals surface area (Å²) in [6.45, 7) is 4.30. The smallest absolute Gasteiger partial charge is 0.168 e. The monoisotopic (exact) mass is 294 g/mol. The minimum atomic E-state index is -0.135. The van der Waals surface area contributed by atoms with Gasteiger partial charge in [0, 0.05) is 23.0 Å². The first-order valence-electron chi connectivity index (χ1n) is 8.46. The molecule has 3 aliphatic rings. The van der Waals surface area contributed by atoms with Crippen LogP contribution in [-0.4, -0.2) is 11.6 Å². The summed E-state index contributed by atoms with van der Waals surface area (Å²) < 4.78 is 0. The number of carbonyl (C=O) groups is 2. The lowest BCUT2D eigenvalue weighted by Crippen LogP contribution is -2.42. The van der Waals surface area contributed by atoms with Crippen molar-refractivity contribution in [3.8, 4) is 0 Å². The molecule has 1 saturated carbocycles. The molecular weight excluding hydrogens is 272 g/mol. The van der Waals surface area contributed by atoms with Crippen LogP contribution < -0.4 is 0 Å². The topological polar surface area (TPSA) is 34.1 Å². The predicted molar refractivity (Wildman–Crippen MR) is 86.0 cm³/mol. The molecule has 0 aliphatic heterocycles. The molecule has 0 amide bonds. The van der Waals surface area contributed by atoms with Gasteiger partial charge < -0.3 is 0 Å². The molecule has 0 N–H and O–H groups in total. The fraction of sp³-hybridized carbons (Fsp3) is 0.500. The number of hydrogen-bond acceptors (Lipinski definition) is 2. The van der Waals surface area contributed by atoms with E-state index in [1.165, 1.54) is 0 Å². The zero-order valence-corrected chi connectivity index (χ0v) is 13.3. The number of aryl methyl sites for hydroxylation is 1. The van der Waals surface area contributed by atoms with Crippen LogP contribution in [0.5, 0.6) is 0 Å². The largest absolute Gasteiger partial charge is 0.294 e. The molecule has 1 fully saturated rings. The van der Waals surface area contributed by atoms with Crippen LogP contribution in [0.1, 0.15) is 59.4 Å². The van der Waals surface area contributed by atoms with E-state index in [4.69, 9.17) is 0 Å². The molecule has 22 heavy (non-hydrogen) atoms. The van der Waals surface area contributed by atoms with Crippen molar-refractivity contribution < 1.29 is 9.59 Å². The summed E-state index contributed by atoms with van der Waals surface area (Å²) >= 11 is 0. The Bertz CT molecular complexity index is 700. The number of allylic oxidation sites excluding steroid dienone is 2. The van der Waals surface area contributed by atoms with Crippen LogP contribution in [0.2, 0.25) is 0 Å². The van der Waals surface area contributed by atoms with Crippen LogP contribution in [0, 0.1) is 23.2 Å². The highest BCUT2D eigenvalue weighted by Gasteiger charge is 2.60. The number of Topliss-reactive ketones (excluding diaryl/α,β-unsaturated/α-hetero) is 2. The van der Waals surface area contributed by atoms with Crippen molar-refractivity contribution in [3.63, 3.8) is 0 Å². The molecule has 4 rings (SSSR count). The number of fused-ring (bicyclic) bond motifs is 6. The number of carbonyl (C=O) groups excluding carboxylic acids is 2. The SMILES string of the molecule is CCCCc1cccc2c1C(=O)C1C3C=CC(C)(C3)C1C2=O. The Morgan fingerprint density at radius 1 is 1.23 bits per heavy atom. The fourth-order valence-corrected chi connectivity index (χ4v) is 4.94. The Kier molecular flexibility index (Phi) is 2.94. The molecule has 0 heterocycles. The van der Waals surface area contributed by atoms with Crippen molar-refractivity contribution in [1.82, 2.24) is 0 Å². The summed E-state index contributed by atoms with van der Waals surface area (Å²) in [5, 5.41) is 0. The van der Waals surface area contributed by atoms with Crippen molar-refractivity contribution in [1.29, 1.82) is 0 Å². The van der Waals surface area contributed by atoms with Gasteiger partial charge in [-0.3, -0.25) is 9.59 Å². The molecule has 0 saturated heterocycles. The average Bonchev–Trinajstić information content (AvgIpc) is 3.04. The van der Waals surface area contributed by atoms with Gasteiger partial charge in [-0.05, 0) is 36.2 Å². The van der Waals surface area contributed by atoms with Gasteiger partial charge in [-0.1, -0.05) is 50.6 Å². The van der Waals surface area contributed by atoms with E-state index >= 15 is 0 Å². The Labute approximate surface area is 131 Å². The van der Waals surface area contributed by atoms with E-state index in [1.54, 1.807) is 0 Å². The van der Waals surface area contributed by atoms with Gasteiger partial charge in [-0.25, -0.2) is 0 Å². The number of hydrogen-bond donors (Lipinski definition) is 0. The van der Waals surface area contributed by atoms with Gasteiger partial charge in [0.2, 0.25) is 0 Å². The standard InChI is InChI=1S/C20H22O2/c1-3-4-6-12-7-5-8-14-15(12)19(22)16-13-9-10-20(2,11-13)17(16)18(14)21/h5,7-10,13,16-17H,3-4,6,11H2,1-2H3. The van der Waals surface area contributed by atoms with Gasteiger partial charge in [0.15, 0.2) is 11.6 Å². The summed E-state index contributed by atoms with van der Waals surface area (Å²) in [6.07, 6.45) is 8.36. The highest BCUT2D eigenvalue weighted by molar-refractivity contribution is 6.17. The number of benzene rings is 1. The molecule has 0 aromatic heterocycles. The van der Waals surface area contributed by atoms with E-state index in [9.17, 15) is 9.59 Å². The molecule has 114 valence electrons. The Morgan fingerprint density at radius 2 is 2.05 bits per heavy atom. The molecule has 4 atom stereocenters. The normalized spacial score (nSPS) is 34.9. The van der Waals surface area contributed by atoms with E-state index in [2.05, 4.69) is 26.0 Å². The maximum Gasteiger partial charge on any atom is 0.168 e. The van der Waals surface area contributed by atoms with Crippen molar-refractivity contribution in [2.24, 2.45) is 23.2 Å². The van der Waals surface area contributed by atoms with E-state index in [0.717, 1.165) is 36.8 Å². The second kappa shape index (κ2) is 4.65.